The normalized spacial score (nSPS) is 11.3. The summed E-state index contributed by atoms with van der Waals surface area (Å²) in [4.78, 5) is 29.0. The van der Waals surface area contributed by atoms with Crippen molar-refractivity contribution in [2.45, 2.75) is 13.5 Å². The average molecular weight is 356 g/mol. The van der Waals surface area contributed by atoms with E-state index in [1.54, 1.807) is 18.2 Å². The third-order valence-electron chi connectivity index (χ3n) is 4.07. The predicted octanol–water partition coefficient (Wildman–Crippen LogP) is 3.54. The molecule has 6 nitrogen and oxygen atoms in total. The smallest absolute Gasteiger partial charge is 0.408 e. The fourth-order valence-electron chi connectivity index (χ4n) is 2.88. The first kappa shape index (κ1) is 15.5. The molecule has 2 aromatic carbocycles. The van der Waals surface area contributed by atoms with E-state index in [-0.39, 0.29) is 5.56 Å². The molecule has 0 aliphatic heterocycles. The maximum Gasteiger partial charge on any atom is 0.417 e. The number of H-pyrrole nitrogens is 2. The Kier molecular flexibility index (Phi) is 3.62. The van der Waals surface area contributed by atoms with Crippen molar-refractivity contribution < 1.29 is 4.42 Å². The summed E-state index contributed by atoms with van der Waals surface area (Å²) in [6, 6.07) is 10.8. The van der Waals surface area contributed by atoms with Gasteiger partial charge in [0, 0.05) is 33.7 Å². The maximum atomic E-state index is 12.2. The molecule has 7 heteroatoms. The summed E-state index contributed by atoms with van der Waals surface area (Å²) in [6.07, 6.45) is 0. The summed E-state index contributed by atoms with van der Waals surface area (Å²) in [5.41, 5.74) is 3.95. The van der Waals surface area contributed by atoms with Crippen LogP contribution in [0.3, 0.4) is 0 Å². The zero-order chi connectivity index (χ0) is 17.6. The van der Waals surface area contributed by atoms with Crippen molar-refractivity contribution >= 4 is 39.3 Å². The molecule has 0 atom stereocenters. The summed E-state index contributed by atoms with van der Waals surface area (Å²) in [5, 5.41) is 4.69. The zero-order valence-corrected chi connectivity index (χ0v) is 14.0. The molecule has 0 saturated carbocycles. The van der Waals surface area contributed by atoms with Crippen LogP contribution in [0.4, 0.5) is 5.69 Å². The quantitative estimate of drug-likeness (QED) is 0.524. The lowest BCUT2D eigenvalue weighted by molar-refractivity contribution is 0.553. The predicted molar refractivity (Wildman–Crippen MR) is 98.5 cm³/mol. The molecule has 4 rings (SSSR count). The van der Waals surface area contributed by atoms with Crippen molar-refractivity contribution in [1.82, 2.24) is 9.97 Å². The van der Waals surface area contributed by atoms with Gasteiger partial charge in [-0.25, -0.2) is 4.79 Å². The first-order valence-electron chi connectivity index (χ1n) is 7.68. The topological polar surface area (TPSA) is 90.9 Å². The van der Waals surface area contributed by atoms with E-state index >= 15 is 0 Å². The van der Waals surface area contributed by atoms with Crippen LogP contribution in [-0.2, 0) is 6.54 Å². The first-order chi connectivity index (χ1) is 12.0. The van der Waals surface area contributed by atoms with Gasteiger partial charge in [0.25, 0.3) is 5.56 Å². The highest BCUT2D eigenvalue weighted by Crippen LogP contribution is 2.22. The number of oxazole rings is 1. The van der Waals surface area contributed by atoms with Gasteiger partial charge in [-0.15, -0.1) is 0 Å². The lowest BCUT2D eigenvalue weighted by Crippen LogP contribution is -2.15. The molecule has 4 aromatic rings. The van der Waals surface area contributed by atoms with Crippen molar-refractivity contribution in [3.63, 3.8) is 0 Å². The Morgan fingerprint density at radius 3 is 2.76 bits per heavy atom. The van der Waals surface area contributed by atoms with E-state index in [2.05, 4.69) is 15.3 Å². The molecular formula is C18H14ClN3O3. The number of fused-ring (bicyclic) bond motifs is 2. The number of pyridine rings is 1. The minimum atomic E-state index is -0.488. The van der Waals surface area contributed by atoms with Gasteiger partial charge in [-0.3, -0.25) is 9.78 Å². The van der Waals surface area contributed by atoms with Crippen molar-refractivity contribution in [3.8, 4) is 0 Å². The SMILES string of the molecule is Cc1cc(NCc2cc3cc(Cl)ccc3[nH]c2=O)cc2[nH]c(=O)oc12. The van der Waals surface area contributed by atoms with Crippen LogP contribution in [0.15, 0.2) is 50.4 Å². The van der Waals surface area contributed by atoms with Crippen molar-refractivity contribution in [2.75, 3.05) is 5.32 Å². The highest BCUT2D eigenvalue weighted by atomic mass is 35.5. The van der Waals surface area contributed by atoms with Crippen molar-refractivity contribution in [3.05, 3.63) is 73.5 Å². The number of nitrogens with one attached hydrogen (secondary N) is 3. The van der Waals surface area contributed by atoms with Crippen LogP contribution in [-0.4, -0.2) is 9.97 Å². The van der Waals surface area contributed by atoms with E-state index in [1.807, 2.05) is 25.1 Å². The molecule has 0 radical (unpaired) electrons. The van der Waals surface area contributed by atoms with E-state index in [4.69, 9.17) is 16.0 Å². The number of hydrogen-bond donors (Lipinski definition) is 3. The summed E-state index contributed by atoms with van der Waals surface area (Å²) in [7, 11) is 0. The second-order valence-corrected chi connectivity index (χ2v) is 6.33. The standard InChI is InChI=1S/C18H14ClN3O3/c1-9-4-13(7-15-16(9)25-18(24)22-15)20-8-11-5-10-6-12(19)2-3-14(10)21-17(11)23/h2-7,20H,8H2,1H3,(H,21,23)(H,22,24). The highest BCUT2D eigenvalue weighted by molar-refractivity contribution is 6.31. The van der Waals surface area contributed by atoms with Gasteiger partial charge >= 0.3 is 5.76 Å². The van der Waals surface area contributed by atoms with Gasteiger partial charge in [0.1, 0.15) is 0 Å². The maximum absolute atomic E-state index is 12.2. The molecular weight excluding hydrogens is 342 g/mol. The number of halogens is 1. The number of rotatable bonds is 3. The number of hydrogen-bond acceptors (Lipinski definition) is 4. The fraction of sp³-hybridized carbons (Fsp3) is 0.111. The molecule has 0 amide bonds. The Balaban J connectivity index is 1.67. The Hall–Kier alpha value is -2.99. The van der Waals surface area contributed by atoms with Gasteiger partial charge in [0.2, 0.25) is 0 Å². The number of benzene rings is 2. The summed E-state index contributed by atoms with van der Waals surface area (Å²) < 4.78 is 5.09. The Morgan fingerprint density at radius 1 is 1.08 bits per heavy atom. The Bertz CT molecular complexity index is 1220. The molecule has 0 fully saturated rings. The third-order valence-corrected chi connectivity index (χ3v) is 4.31. The second-order valence-electron chi connectivity index (χ2n) is 5.89. The van der Waals surface area contributed by atoms with Crippen LogP contribution in [0.25, 0.3) is 22.0 Å². The van der Waals surface area contributed by atoms with Crippen molar-refractivity contribution in [1.29, 1.82) is 0 Å². The minimum Gasteiger partial charge on any atom is -0.408 e. The van der Waals surface area contributed by atoms with Crippen molar-refractivity contribution in [2.24, 2.45) is 0 Å². The Morgan fingerprint density at radius 2 is 1.92 bits per heavy atom. The van der Waals surface area contributed by atoms with Gasteiger partial charge in [-0.1, -0.05) is 11.6 Å². The average Bonchev–Trinajstić information content (AvgIpc) is 2.94. The molecule has 3 N–H and O–H groups in total. The molecule has 0 aliphatic rings. The van der Waals surface area contributed by atoms with Crippen LogP contribution in [0.1, 0.15) is 11.1 Å². The zero-order valence-electron chi connectivity index (χ0n) is 13.3. The van der Waals surface area contributed by atoms with Crippen LogP contribution in [0, 0.1) is 6.92 Å². The van der Waals surface area contributed by atoms with E-state index < -0.39 is 5.76 Å². The molecule has 0 saturated heterocycles. The highest BCUT2D eigenvalue weighted by Gasteiger charge is 2.08. The molecule has 0 unspecified atom stereocenters. The van der Waals surface area contributed by atoms with Crippen LogP contribution >= 0.6 is 11.6 Å². The van der Waals surface area contributed by atoms with E-state index in [0.717, 1.165) is 22.2 Å². The van der Waals surface area contributed by atoms with E-state index in [0.29, 0.717) is 28.2 Å². The fourth-order valence-corrected chi connectivity index (χ4v) is 3.06. The first-order valence-corrected chi connectivity index (χ1v) is 8.06. The number of anilines is 1. The minimum absolute atomic E-state index is 0.156. The van der Waals surface area contributed by atoms with Crippen LogP contribution < -0.4 is 16.6 Å². The van der Waals surface area contributed by atoms with Gasteiger partial charge in [-0.2, -0.15) is 0 Å². The van der Waals surface area contributed by atoms with Gasteiger partial charge in [-0.05, 0) is 48.9 Å². The molecule has 2 heterocycles. The molecule has 0 bridgehead atoms. The lowest BCUT2D eigenvalue weighted by Gasteiger charge is -2.08. The molecule has 126 valence electrons. The number of aromatic amines is 2. The summed E-state index contributed by atoms with van der Waals surface area (Å²) in [5.74, 6) is -0.488. The van der Waals surface area contributed by atoms with Gasteiger partial charge < -0.3 is 14.7 Å². The number of aromatic nitrogens is 2. The number of aryl methyl sites for hydroxylation is 1. The van der Waals surface area contributed by atoms with Gasteiger partial charge in [0.15, 0.2) is 5.58 Å². The second kappa shape index (κ2) is 5.82. The molecule has 25 heavy (non-hydrogen) atoms. The lowest BCUT2D eigenvalue weighted by atomic mass is 10.1. The Labute approximate surface area is 146 Å². The molecule has 0 spiro atoms. The summed E-state index contributed by atoms with van der Waals surface area (Å²) >= 11 is 6.01. The summed E-state index contributed by atoms with van der Waals surface area (Å²) in [6.45, 7) is 2.19. The van der Waals surface area contributed by atoms with Crippen LogP contribution in [0.2, 0.25) is 5.02 Å². The van der Waals surface area contributed by atoms with Gasteiger partial charge in [0.05, 0.1) is 5.52 Å². The monoisotopic (exact) mass is 355 g/mol. The molecule has 0 aliphatic carbocycles. The van der Waals surface area contributed by atoms with E-state index in [1.165, 1.54) is 0 Å². The largest absolute Gasteiger partial charge is 0.417 e. The molecule has 2 aromatic heterocycles. The third kappa shape index (κ3) is 2.92. The van der Waals surface area contributed by atoms with E-state index in [9.17, 15) is 9.59 Å². The van der Waals surface area contributed by atoms with Crippen LogP contribution in [0.5, 0.6) is 0 Å².